The van der Waals surface area contributed by atoms with Crippen molar-refractivity contribution in [2.24, 2.45) is 0 Å². The van der Waals surface area contributed by atoms with E-state index in [0.29, 0.717) is 16.9 Å². The van der Waals surface area contributed by atoms with Crippen LogP contribution >= 0.6 is 0 Å². The largest absolute Gasteiger partial charge is 0.504 e. The third-order valence-corrected chi connectivity index (χ3v) is 3.36. The van der Waals surface area contributed by atoms with Crippen molar-refractivity contribution >= 4 is 12.0 Å². The third kappa shape index (κ3) is 5.82. The Morgan fingerprint density at radius 3 is 2.42 bits per heavy atom. The van der Waals surface area contributed by atoms with Crippen LogP contribution < -0.4 is 4.74 Å². The molecule has 2 aromatic rings. The van der Waals surface area contributed by atoms with E-state index < -0.39 is 11.1 Å². The van der Waals surface area contributed by atoms with E-state index in [1.54, 1.807) is 42.5 Å². The highest BCUT2D eigenvalue weighted by atomic mass is 16.9. The van der Waals surface area contributed by atoms with Crippen molar-refractivity contribution in [1.82, 2.24) is 0 Å². The van der Waals surface area contributed by atoms with Crippen LogP contribution in [0.15, 0.2) is 48.5 Å². The molecule has 0 aliphatic carbocycles. The summed E-state index contributed by atoms with van der Waals surface area (Å²) in [6, 6.07) is 11.4. The Hall–Kier alpha value is -3.55. The number of methoxy groups -OCH3 is 1. The fraction of sp³-hybridized carbons (Fsp3) is 0.167. The van der Waals surface area contributed by atoms with Crippen molar-refractivity contribution in [1.29, 1.82) is 0 Å². The van der Waals surface area contributed by atoms with Gasteiger partial charge in [-0.3, -0.25) is 0 Å². The number of carbonyl (C=O) groups excluding carboxylic acids is 1. The zero-order valence-electron chi connectivity index (χ0n) is 14.0. The van der Waals surface area contributed by atoms with Gasteiger partial charge in [0.25, 0.3) is 5.09 Å². The first-order valence-electron chi connectivity index (χ1n) is 7.55. The van der Waals surface area contributed by atoms with Gasteiger partial charge in [0.15, 0.2) is 11.5 Å². The van der Waals surface area contributed by atoms with Crippen LogP contribution in [0, 0.1) is 10.1 Å². The van der Waals surface area contributed by atoms with Gasteiger partial charge in [-0.1, -0.05) is 30.3 Å². The van der Waals surface area contributed by atoms with E-state index in [2.05, 4.69) is 4.84 Å². The lowest BCUT2D eigenvalue weighted by molar-refractivity contribution is -0.763. The van der Waals surface area contributed by atoms with Crippen molar-refractivity contribution in [3.63, 3.8) is 0 Å². The monoisotopic (exact) mass is 359 g/mol. The van der Waals surface area contributed by atoms with Crippen molar-refractivity contribution in [3.05, 3.63) is 75.3 Å². The lowest BCUT2D eigenvalue weighted by Gasteiger charge is -2.05. The number of phenols is 1. The molecule has 0 saturated carbocycles. The molecule has 0 atom stereocenters. The number of aromatic hydroxyl groups is 1. The Morgan fingerprint density at radius 2 is 1.81 bits per heavy atom. The lowest BCUT2D eigenvalue weighted by atomic mass is 10.1. The molecule has 136 valence electrons. The van der Waals surface area contributed by atoms with Gasteiger partial charge in [-0.2, -0.15) is 0 Å². The fourth-order valence-electron chi connectivity index (χ4n) is 2.02. The van der Waals surface area contributed by atoms with Gasteiger partial charge in [0.2, 0.25) is 0 Å². The Balaban J connectivity index is 1.85. The molecular weight excluding hydrogens is 342 g/mol. The van der Waals surface area contributed by atoms with Crippen molar-refractivity contribution in [2.75, 3.05) is 7.11 Å². The topological polar surface area (TPSA) is 108 Å². The molecule has 0 spiro atoms. The predicted octanol–water partition coefficient (Wildman–Crippen LogP) is 2.87. The highest BCUT2D eigenvalue weighted by Crippen LogP contribution is 2.26. The van der Waals surface area contributed by atoms with Crippen molar-refractivity contribution in [2.45, 2.75) is 13.2 Å². The van der Waals surface area contributed by atoms with Crippen LogP contribution in [0.25, 0.3) is 6.08 Å². The summed E-state index contributed by atoms with van der Waals surface area (Å²) in [5.74, 6) is -0.209. The number of phenolic OH excluding ortho intramolecular Hbond substituents is 1. The van der Waals surface area contributed by atoms with E-state index in [-0.39, 0.29) is 19.0 Å². The summed E-state index contributed by atoms with van der Waals surface area (Å²) in [7, 11) is 1.44. The minimum atomic E-state index is -0.855. The molecule has 0 aliphatic rings. The smallest absolute Gasteiger partial charge is 0.331 e. The van der Waals surface area contributed by atoms with E-state index in [4.69, 9.17) is 9.47 Å². The molecule has 0 amide bonds. The Morgan fingerprint density at radius 1 is 1.15 bits per heavy atom. The van der Waals surface area contributed by atoms with Crippen LogP contribution in [-0.2, 0) is 27.6 Å². The van der Waals surface area contributed by atoms with E-state index in [9.17, 15) is 20.0 Å². The number of ether oxygens (including phenoxy) is 2. The zero-order chi connectivity index (χ0) is 18.9. The number of esters is 1. The van der Waals surface area contributed by atoms with E-state index in [0.717, 1.165) is 5.56 Å². The summed E-state index contributed by atoms with van der Waals surface area (Å²) in [5, 5.41) is 18.8. The van der Waals surface area contributed by atoms with Crippen LogP contribution in [0.1, 0.15) is 16.7 Å². The number of carbonyl (C=O) groups is 1. The molecule has 0 aromatic heterocycles. The molecule has 8 nitrogen and oxygen atoms in total. The standard InChI is InChI=1S/C18H17NO7/c1-24-17-10-13(6-8-16(17)20)7-9-18(21)25-11-14-2-4-15(5-3-14)12-26-19(22)23/h2-10,20H,11-12H2,1H3/b9-7+. The molecule has 0 bridgehead atoms. The SMILES string of the molecule is COc1cc(/C=C/C(=O)OCc2ccc(CO[N+](=O)[O-])cc2)ccc1O. The highest BCUT2D eigenvalue weighted by molar-refractivity contribution is 5.87. The summed E-state index contributed by atoms with van der Waals surface area (Å²) in [6.07, 6.45) is 2.81. The van der Waals surface area contributed by atoms with Crippen molar-refractivity contribution < 1.29 is 29.3 Å². The number of hydrogen-bond acceptors (Lipinski definition) is 7. The number of hydrogen-bond donors (Lipinski definition) is 1. The Kier molecular flexibility index (Phi) is 6.55. The van der Waals surface area contributed by atoms with E-state index >= 15 is 0 Å². The Bertz CT molecular complexity index is 800. The quantitative estimate of drug-likeness (QED) is 0.334. The molecule has 0 radical (unpaired) electrons. The van der Waals surface area contributed by atoms with Crippen LogP contribution in [0.3, 0.4) is 0 Å². The average molecular weight is 359 g/mol. The summed E-state index contributed by atoms with van der Waals surface area (Å²) < 4.78 is 10.1. The van der Waals surface area contributed by atoms with Gasteiger partial charge in [-0.25, -0.2) is 4.79 Å². The van der Waals surface area contributed by atoms with Gasteiger partial charge in [-0.05, 0) is 34.9 Å². The normalized spacial score (nSPS) is 10.5. The first-order chi connectivity index (χ1) is 12.5. The second-order valence-electron chi connectivity index (χ2n) is 5.19. The van der Waals surface area contributed by atoms with Crippen LogP contribution in [-0.4, -0.2) is 23.3 Å². The van der Waals surface area contributed by atoms with Gasteiger partial charge in [0, 0.05) is 6.08 Å². The molecule has 26 heavy (non-hydrogen) atoms. The van der Waals surface area contributed by atoms with E-state index in [1.165, 1.54) is 19.3 Å². The summed E-state index contributed by atoms with van der Waals surface area (Å²) in [6.45, 7) is -0.0651. The minimum absolute atomic E-state index is 0.0132. The predicted molar refractivity (Wildman–Crippen MR) is 91.7 cm³/mol. The second kappa shape index (κ2) is 9.07. The highest BCUT2D eigenvalue weighted by Gasteiger charge is 2.03. The number of nitrogens with zero attached hydrogens (tertiary/aromatic N) is 1. The van der Waals surface area contributed by atoms with Crippen molar-refractivity contribution in [3.8, 4) is 11.5 Å². The first kappa shape index (κ1) is 18.8. The van der Waals surface area contributed by atoms with Crippen LogP contribution in [0.5, 0.6) is 11.5 Å². The molecule has 2 rings (SSSR count). The maximum Gasteiger partial charge on any atom is 0.331 e. The van der Waals surface area contributed by atoms with Gasteiger partial charge in [0.05, 0.1) is 7.11 Å². The Labute approximate surface area is 149 Å². The van der Waals surface area contributed by atoms with Crippen LogP contribution in [0.4, 0.5) is 0 Å². The average Bonchev–Trinajstić information content (AvgIpc) is 2.64. The molecule has 0 saturated heterocycles. The number of benzene rings is 2. The zero-order valence-corrected chi connectivity index (χ0v) is 14.0. The second-order valence-corrected chi connectivity index (χ2v) is 5.19. The molecule has 0 unspecified atom stereocenters. The summed E-state index contributed by atoms with van der Waals surface area (Å²) in [5.41, 5.74) is 2.05. The van der Waals surface area contributed by atoms with Crippen LogP contribution in [0.2, 0.25) is 0 Å². The van der Waals surface area contributed by atoms with Gasteiger partial charge in [-0.15, -0.1) is 10.1 Å². The summed E-state index contributed by atoms with van der Waals surface area (Å²) in [4.78, 5) is 26.2. The van der Waals surface area contributed by atoms with E-state index in [1.807, 2.05) is 0 Å². The van der Waals surface area contributed by atoms with Gasteiger partial charge >= 0.3 is 5.97 Å². The third-order valence-electron chi connectivity index (χ3n) is 3.36. The first-order valence-corrected chi connectivity index (χ1v) is 7.55. The maximum atomic E-state index is 11.8. The summed E-state index contributed by atoms with van der Waals surface area (Å²) >= 11 is 0. The number of rotatable bonds is 8. The minimum Gasteiger partial charge on any atom is -0.504 e. The maximum absolute atomic E-state index is 11.8. The molecule has 0 heterocycles. The molecule has 0 fully saturated rings. The fourth-order valence-corrected chi connectivity index (χ4v) is 2.02. The molecule has 2 aromatic carbocycles. The molecular formula is C18H17NO7. The van der Waals surface area contributed by atoms with Gasteiger partial charge < -0.3 is 19.4 Å². The molecule has 0 aliphatic heterocycles. The van der Waals surface area contributed by atoms with Gasteiger partial charge in [0.1, 0.15) is 13.2 Å². The lowest BCUT2D eigenvalue weighted by Crippen LogP contribution is -2.02. The molecule has 8 heteroatoms. The molecule has 1 N–H and O–H groups in total.